The van der Waals surface area contributed by atoms with E-state index in [1.807, 2.05) is 0 Å². The van der Waals surface area contributed by atoms with E-state index in [1.54, 1.807) is 5.32 Å². The summed E-state index contributed by atoms with van der Waals surface area (Å²) in [6, 6.07) is 4.88. The van der Waals surface area contributed by atoms with Crippen LogP contribution < -0.4 is 10.0 Å². The number of hydrogen-bond acceptors (Lipinski definition) is 4. The van der Waals surface area contributed by atoms with Gasteiger partial charge >= 0.3 is 6.18 Å². The molecular weight excluding hydrogens is 361 g/mol. The normalized spacial score (nSPS) is 18.8. The first-order valence-electron chi connectivity index (χ1n) is 7.70. The van der Waals surface area contributed by atoms with E-state index in [4.69, 9.17) is 4.74 Å². The SMILES string of the molecule is O=C(NCC(F)(F)F)c1cccc(S(=O)(=O)NC[C@@H]2CCCOC2)c1. The number of alkyl halides is 3. The summed E-state index contributed by atoms with van der Waals surface area (Å²) >= 11 is 0. The summed E-state index contributed by atoms with van der Waals surface area (Å²) in [5.41, 5.74) is -0.159. The van der Waals surface area contributed by atoms with E-state index < -0.39 is 28.7 Å². The van der Waals surface area contributed by atoms with Gasteiger partial charge in [-0.2, -0.15) is 13.2 Å². The molecule has 25 heavy (non-hydrogen) atoms. The average Bonchev–Trinajstić information content (AvgIpc) is 2.58. The van der Waals surface area contributed by atoms with Gasteiger partial charge in [-0.25, -0.2) is 13.1 Å². The Balaban J connectivity index is 2.01. The molecule has 0 radical (unpaired) electrons. The van der Waals surface area contributed by atoms with Crippen molar-refractivity contribution in [3.8, 4) is 0 Å². The van der Waals surface area contributed by atoms with E-state index in [0.717, 1.165) is 18.9 Å². The van der Waals surface area contributed by atoms with Gasteiger partial charge in [-0.1, -0.05) is 6.07 Å². The summed E-state index contributed by atoms with van der Waals surface area (Å²) in [5, 5.41) is 1.71. The minimum absolute atomic E-state index is 0.0711. The molecule has 1 saturated heterocycles. The number of rotatable bonds is 6. The van der Waals surface area contributed by atoms with Crippen molar-refractivity contribution < 1.29 is 31.1 Å². The van der Waals surface area contributed by atoms with Crippen LogP contribution in [0.5, 0.6) is 0 Å². The molecule has 0 spiro atoms. The van der Waals surface area contributed by atoms with E-state index in [1.165, 1.54) is 18.2 Å². The van der Waals surface area contributed by atoms with Gasteiger partial charge in [0.15, 0.2) is 0 Å². The van der Waals surface area contributed by atoms with E-state index in [2.05, 4.69) is 4.72 Å². The first-order chi connectivity index (χ1) is 11.7. The predicted molar refractivity (Wildman–Crippen MR) is 83.6 cm³/mol. The number of carbonyl (C=O) groups is 1. The maximum Gasteiger partial charge on any atom is 0.405 e. The lowest BCUT2D eigenvalue weighted by Crippen LogP contribution is -2.34. The number of sulfonamides is 1. The van der Waals surface area contributed by atoms with E-state index in [9.17, 15) is 26.4 Å². The molecule has 0 saturated carbocycles. The number of nitrogens with one attached hydrogen (secondary N) is 2. The summed E-state index contributed by atoms with van der Waals surface area (Å²) in [7, 11) is -3.87. The van der Waals surface area contributed by atoms with Crippen molar-refractivity contribution in [1.29, 1.82) is 0 Å². The highest BCUT2D eigenvalue weighted by atomic mass is 32.2. The lowest BCUT2D eigenvalue weighted by molar-refractivity contribution is -0.123. The van der Waals surface area contributed by atoms with Crippen LogP contribution in [0.1, 0.15) is 23.2 Å². The summed E-state index contributed by atoms with van der Waals surface area (Å²) in [5.74, 6) is -0.920. The Labute approximate surface area is 143 Å². The Morgan fingerprint density at radius 2 is 2.08 bits per heavy atom. The average molecular weight is 380 g/mol. The second-order valence-corrected chi connectivity index (χ2v) is 7.53. The molecular formula is C15H19F3N2O4S. The van der Waals surface area contributed by atoms with Crippen LogP contribution in [0.4, 0.5) is 13.2 Å². The van der Waals surface area contributed by atoms with Crippen LogP contribution in [0.2, 0.25) is 0 Å². The van der Waals surface area contributed by atoms with Gasteiger partial charge in [0.05, 0.1) is 11.5 Å². The van der Waals surface area contributed by atoms with Crippen molar-refractivity contribution in [2.24, 2.45) is 5.92 Å². The number of benzene rings is 1. The molecule has 2 N–H and O–H groups in total. The zero-order valence-electron chi connectivity index (χ0n) is 13.3. The molecule has 1 atom stereocenters. The highest BCUT2D eigenvalue weighted by Gasteiger charge is 2.28. The third kappa shape index (κ3) is 6.29. The number of amides is 1. The third-order valence-corrected chi connectivity index (χ3v) is 5.09. The van der Waals surface area contributed by atoms with Crippen LogP contribution in [-0.4, -0.2) is 46.8 Å². The van der Waals surface area contributed by atoms with Crippen molar-refractivity contribution in [3.63, 3.8) is 0 Å². The number of ether oxygens (including phenoxy) is 1. The Kier molecular flexibility index (Phi) is 6.42. The molecule has 6 nitrogen and oxygen atoms in total. The van der Waals surface area contributed by atoms with Gasteiger partial charge in [0.1, 0.15) is 6.54 Å². The van der Waals surface area contributed by atoms with E-state index in [0.29, 0.717) is 13.2 Å². The van der Waals surface area contributed by atoms with Crippen LogP contribution in [-0.2, 0) is 14.8 Å². The summed E-state index contributed by atoms with van der Waals surface area (Å²) in [6.07, 6.45) is -2.83. The van der Waals surface area contributed by atoms with Gasteiger partial charge in [-0.15, -0.1) is 0 Å². The fourth-order valence-corrected chi connectivity index (χ4v) is 3.53. The standard InChI is InChI=1S/C15H19F3N2O4S/c16-15(17,18)10-19-14(21)12-4-1-5-13(7-12)25(22,23)20-8-11-3-2-6-24-9-11/h1,4-5,7,11,20H,2-3,6,8-10H2,(H,19,21)/t11-/m0/s1. The lowest BCUT2D eigenvalue weighted by Gasteiger charge is -2.22. The minimum Gasteiger partial charge on any atom is -0.381 e. The first kappa shape index (κ1) is 19.7. The second-order valence-electron chi connectivity index (χ2n) is 5.76. The Hall–Kier alpha value is -1.65. The largest absolute Gasteiger partial charge is 0.405 e. The molecule has 1 aromatic rings. The van der Waals surface area contributed by atoms with Crippen LogP contribution in [0.3, 0.4) is 0 Å². The number of hydrogen-bond donors (Lipinski definition) is 2. The first-order valence-corrected chi connectivity index (χ1v) is 9.18. The fourth-order valence-electron chi connectivity index (χ4n) is 2.37. The van der Waals surface area contributed by atoms with E-state index >= 15 is 0 Å². The maximum atomic E-state index is 12.3. The highest BCUT2D eigenvalue weighted by Crippen LogP contribution is 2.16. The Bertz CT molecular complexity index is 701. The van der Waals surface area contributed by atoms with Crippen molar-refractivity contribution in [1.82, 2.24) is 10.0 Å². The second kappa shape index (κ2) is 8.15. The van der Waals surface area contributed by atoms with Crippen molar-refractivity contribution in [3.05, 3.63) is 29.8 Å². The Morgan fingerprint density at radius 1 is 1.32 bits per heavy atom. The number of halogens is 3. The minimum atomic E-state index is -4.54. The van der Waals surface area contributed by atoms with Gasteiger partial charge in [0, 0.05) is 18.7 Å². The zero-order valence-corrected chi connectivity index (χ0v) is 14.1. The molecule has 10 heteroatoms. The molecule has 0 unspecified atom stereocenters. The van der Waals surface area contributed by atoms with Gasteiger partial charge in [0.25, 0.3) is 5.91 Å². The lowest BCUT2D eigenvalue weighted by atomic mass is 10.0. The van der Waals surface area contributed by atoms with Crippen LogP contribution in [0, 0.1) is 5.92 Å². The molecule has 2 rings (SSSR count). The van der Waals surface area contributed by atoms with Gasteiger partial charge in [-0.05, 0) is 37.0 Å². The molecule has 1 fully saturated rings. The molecule has 0 aromatic heterocycles. The summed E-state index contributed by atoms with van der Waals surface area (Å²) in [4.78, 5) is 11.6. The Morgan fingerprint density at radius 3 is 2.72 bits per heavy atom. The predicted octanol–water partition coefficient (Wildman–Crippen LogP) is 1.68. The molecule has 1 aliphatic rings. The molecule has 1 amide bonds. The zero-order chi connectivity index (χ0) is 18.5. The topological polar surface area (TPSA) is 84.5 Å². The highest BCUT2D eigenvalue weighted by molar-refractivity contribution is 7.89. The van der Waals surface area contributed by atoms with Crippen LogP contribution >= 0.6 is 0 Å². The van der Waals surface area contributed by atoms with Gasteiger partial charge in [-0.3, -0.25) is 4.79 Å². The van der Waals surface area contributed by atoms with Gasteiger partial charge in [0.2, 0.25) is 10.0 Å². The maximum absolute atomic E-state index is 12.3. The molecule has 1 aliphatic heterocycles. The van der Waals surface area contributed by atoms with Crippen LogP contribution in [0.15, 0.2) is 29.2 Å². The number of carbonyl (C=O) groups excluding carboxylic acids is 1. The van der Waals surface area contributed by atoms with Crippen molar-refractivity contribution >= 4 is 15.9 Å². The molecule has 0 bridgehead atoms. The summed E-state index contributed by atoms with van der Waals surface area (Å²) in [6.45, 7) is -0.143. The molecule has 1 heterocycles. The monoisotopic (exact) mass is 380 g/mol. The fraction of sp³-hybridized carbons (Fsp3) is 0.533. The van der Waals surface area contributed by atoms with Crippen molar-refractivity contribution in [2.75, 3.05) is 26.3 Å². The molecule has 0 aliphatic carbocycles. The van der Waals surface area contributed by atoms with Gasteiger partial charge < -0.3 is 10.1 Å². The molecule has 140 valence electrons. The van der Waals surface area contributed by atoms with Crippen molar-refractivity contribution in [2.45, 2.75) is 23.9 Å². The third-order valence-electron chi connectivity index (χ3n) is 3.67. The summed E-state index contributed by atoms with van der Waals surface area (Å²) < 4.78 is 68.8. The van der Waals surface area contributed by atoms with Crippen LogP contribution in [0.25, 0.3) is 0 Å². The quantitative estimate of drug-likeness (QED) is 0.787. The molecule has 1 aromatic carbocycles. The smallest absolute Gasteiger partial charge is 0.381 e. The van der Waals surface area contributed by atoms with E-state index in [-0.39, 0.29) is 22.9 Å².